The molecule has 184 valence electrons. The van der Waals surface area contributed by atoms with Gasteiger partial charge in [0.05, 0.1) is 24.5 Å². The number of anilines is 1. The van der Waals surface area contributed by atoms with Gasteiger partial charge in [0.1, 0.15) is 17.4 Å². The fourth-order valence-corrected chi connectivity index (χ4v) is 4.83. The molecule has 0 aliphatic carbocycles. The number of fused-ring (bicyclic) bond motifs is 1. The first-order valence-electron chi connectivity index (χ1n) is 11.7. The van der Waals surface area contributed by atoms with Crippen LogP contribution in [0, 0.1) is 11.6 Å². The highest BCUT2D eigenvalue weighted by Gasteiger charge is 2.23. The number of hydrogen-bond donors (Lipinski definition) is 2. The summed E-state index contributed by atoms with van der Waals surface area (Å²) in [6.07, 6.45) is 4.51. The zero-order valence-corrected chi connectivity index (χ0v) is 19.8. The molecule has 1 aliphatic rings. The van der Waals surface area contributed by atoms with Gasteiger partial charge in [0, 0.05) is 47.9 Å². The van der Waals surface area contributed by atoms with E-state index in [0.717, 1.165) is 59.9 Å². The van der Waals surface area contributed by atoms with Gasteiger partial charge in [-0.25, -0.2) is 8.78 Å². The van der Waals surface area contributed by atoms with Crippen molar-refractivity contribution in [3.8, 4) is 28.0 Å². The van der Waals surface area contributed by atoms with Crippen LogP contribution in [0.5, 0.6) is 5.75 Å². The molecule has 1 saturated heterocycles. The molecule has 0 atom stereocenters. The first-order chi connectivity index (χ1) is 17.5. The smallest absolute Gasteiger partial charge is 0.132 e. The summed E-state index contributed by atoms with van der Waals surface area (Å²) in [5, 5.41) is 13.0. The van der Waals surface area contributed by atoms with Crippen molar-refractivity contribution in [1.82, 2.24) is 4.98 Å². The van der Waals surface area contributed by atoms with Gasteiger partial charge in [-0.1, -0.05) is 23.4 Å². The number of nitrogens with two attached hydrogens (primary N) is 1. The lowest BCUT2D eigenvalue weighted by Crippen LogP contribution is -2.40. The van der Waals surface area contributed by atoms with Crippen LogP contribution in [0.1, 0.15) is 18.4 Å². The van der Waals surface area contributed by atoms with Gasteiger partial charge in [-0.2, -0.15) is 0 Å². The summed E-state index contributed by atoms with van der Waals surface area (Å²) in [6, 6.07) is 15.1. The number of methoxy groups -OCH3 is 1. The highest BCUT2D eigenvalue weighted by molar-refractivity contribution is 6.03. The van der Waals surface area contributed by atoms with Crippen molar-refractivity contribution >= 4 is 22.8 Å². The van der Waals surface area contributed by atoms with E-state index in [9.17, 15) is 8.78 Å². The Kier molecular flexibility index (Phi) is 6.52. The third-order valence-electron chi connectivity index (χ3n) is 6.66. The molecule has 2 heterocycles. The van der Waals surface area contributed by atoms with Crippen LogP contribution in [-0.2, 0) is 0 Å². The van der Waals surface area contributed by atoms with Gasteiger partial charge in [-0.3, -0.25) is 4.98 Å². The van der Waals surface area contributed by atoms with Crippen molar-refractivity contribution in [3.63, 3.8) is 0 Å². The Morgan fingerprint density at radius 3 is 2.61 bits per heavy atom. The number of halogens is 2. The zero-order chi connectivity index (χ0) is 25.2. The molecular weight excluding hydrogens is 462 g/mol. The highest BCUT2D eigenvalue weighted by Crippen LogP contribution is 2.40. The summed E-state index contributed by atoms with van der Waals surface area (Å²) in [5.41, 5.74) is 10.8. The standard InChI is InChI=1S/C28H26F2N4O2/c1-36-21-12-18(11-19(29)14-21)24-15-32-27-6-5-17(22-3-2-4-26(30)25(22)16-33-35)13-23(27)28(24)34-9-7-20(31)8-10-34/h2-6,11-16,20,35H,7-10,31H2,1H3/b33-16+. The first-order valence-corrected chi connectivity index (χ1v) is 11.7. The Bertz CT molecular complexity index is 1450. The van der Waals surface area contributed by atoms with Crippen LogP contribution in [0.15, 0.2) is 65.9 Å². The fraction of sp³-hybridized carbons (Fsp3) is 0.214. The minimum Gasteiger partial charge on any atom is -0.497 e. The third-order valence-corrected chi connectivity index (χ3v) is 6.66. The first kappa shape index (κ1) is 23.7. The monoisotopic (exact) mass is 488 g/mol. The maximum Gasteiger partial charge on any atom is 0.132 e. The summed E-state index contributed by atoms with van der Waals surface area (Å²) < 4.78 is 34.3. The van der Waals surface area contributed by atoms with Gasteiger partial charge in [-0.15, -0.1) is 0 Å². The van der Waals surface area contributed by atoms with Crippen molar-refractivity contribution in [2.45, 2.75) is 18.9 Å². The molecule has 0 radical (unpaired) electrons. The van der Waals surface area contributed by atoms with Crippen LogP contribution in [0.2, 0.25) is 0 Å². The van der Waals surface area contributed by atoms with E-state index in [-0.39, 0.29) is 11.6 Å². The molecule has 36 heavy (non-hydrogen) atoms. The van der Waals surface area contributed by atoms with E-state index in [1.165, 1.54) is 25.3 Å². The van der Waals surface area contributed by atoms with Crippen LogP contribution in [0.3, 0.4) is 0 Å². The second kappa shape index (κ2) is 9.91. The Labute approximate surface area is 207 Å². The lowest BCUT2D eigenvalue weighted by molar-refractivity contribution is 0.321. The van der Waals surface area contributed by atoms with Gasteiger partial charge in [0.25, 0.3) is 0 Å². The zero-order valence-electron chi connectivity index (χ0n) is 19.8. The van der Waals surface area contributed by atoms with Gasteiger partial charge >= 0.3 is 0 Å². The van der Waals surface area contributed by atoms with Gasteiger partial charge < -0.3 is 20.6 Å². The quantitative estimate of drug-likeness (QED) is 0.217. The predicted octanol–water partition coefficient (Wildman–Crippen LogP) is 5.59. The number of piperidine rings is 1. The number of nitrogens with zero attached hydrogens (tertiary/aromatic N) is 3. The second-order valence-corrected chi connectivity index (χ2v) is 8.90. The summed E-state index contributed by atoms with van der Waals surface area (Å²) in [5.74, 6) is -0.481. The van der Waals surface area contributed by atoms with Crippen LogP contribution >= 0.6 is 0 Å². The third kappa shape index (κ3) is 4.47. The Morgan fingerprint density at radius 2 is 1.86 bits per heavy atom. The molecule has 0 saturated carbocycles. The molecule has 8 heteroatoms. The SMILES string of the molecule is COc1cc(F)cc(-c2cnc3ccc(-c4cccc(F)c4/C=N/O)cc3c2N2CCC(N)CC2)c1. The fourth-order valence-electron chi connectivity index (χ4n) is 4.83. The average Bonchev–Trinajstić information content (AvgIpc) is 2.89. The molecule has 1 fully saturated rings. The molecule has 3 N–H and O–H groups in total. The van der Waals surface area contributed by atoms with Crippen molar-refractivity contribution in [2.75, 3.05) is 25.1 Å². The summed E-state index contributed by atoms with van der Waals surface area (Å²) in [6.45, 7) is 1.48. The Morgan fingerprint density at radius 1 is 1.06 bits per heavy atom. The number of hydrogen-bond acceptors (Lipinski definition) is 6. The average molecular weight is 489 g/mol. The van der Waals surface area contributed by atoms with E-state index in [0.29, 0.717) is 16.9 Å². The molecular formula is C28H26F2N4O2. The van der Waals surface area contributed by atoms with E-state index in [2.05, 4.69) is 15.0 Å². The van der Waals surface area contributed by atoms with Gasteiger partial charge in [0.2, 0.25) is 0 Å². The molecule has 5 rings (SSSR count). The van der Waals surface area contributed by atoms with Crippen LogP contribution in [-0.4, -0.2) is 42.6 Å². The molecule has 6 nitrogen and oxygen atoms in total. The van der Waals surface area contributed by atoms with E-state index in [1.807, 2.05) is 18.2 Å². The topological polar surface area (TPSA) is 84.0 Å². The Hall–Kier alpha value is -4.04. The predicted molar refractivity (Wildman–Crippen MR) is 138 cm³/mol. The normalized spacial score (nSPS) is 14.6. The second-order valence-electron chi connectivity index (χ2n) is 8.90. The molecule has 0 amide bonds. The lowest BCUT2D eigenvalue weighted by atomic mass is 9.94. The maximum atomic E-state index is 14.6. The molecule has 3 aromatic carbocycles. The number of rotatable bonds is 5. The van der Waals surface area contributed by atoms with Gasteiger partial charge in [0.15, 0.2) is 0 Å². The van der Waals surface area contributed by atoms with Crippen LogP contribution in [0.25, 0.3) is 33.2 Å². The van der Waals surface area contributed by atoms with Crippen molar-refractivity contribution < 1.29 is 18.7 Å². The summed E-state index contributed by atoms with van der Waals surface area (Å²) in [7, 11) is 1.50. The maximum absolute atomic E-state index is 14.6. The minimum absolute atomic E-state index is 0.134. The largest absolute Gasteiger partial charge is 0.497 e. The van der Waals surface area contributed by atoms with Crippen LogP contribution in [0.4, 0.5) is 14.5 Å². The molecule has 1 aromatic heterocycles. The van der Waals surface area contributed by atoms with Crippen molar-refractivity contribution in [3.05, 3.63) is 78.0 Å². The van der Waals surface area contributed by atoms with E-state index < -0.39 is 11.6 Å². The molecule has 1 aliphatic heterocycles. The van der Waals surface area contributed by atoms with E-state index in [4.69, 9.17) is 15.7 Å². The van der Waals surface area contributed by atoms with E-state index in [1.54, 1.807) is 24.4 Å². The minimum atomic E-state index is -0.491. The number of benzene rings is 3. The molecule has 0 bridgehead atoms. The number of aromatic nitrogens is 1. The number of ether oxygens (including phenoxy) is 1. The van der Waals surface area contributed by atoms with Crippen LogP contribution < -0.4 is 15.4 Å². The summed E-state index contributed by atoms with van der Waals surface area (Å²) in [4.78, 5) is 6.92. The van der Waals surface area contributed by atoms with Crippen molar-refractivity contribution in [1.29, 1.82) is 0 Å². The van der Waals surface area contributed by atoms with E-state index >= 15 is 0 Å². The number of pyridine rings is 1. The molecule has 4 aromatic rings. The Balaban J connectivity index is 1.76. The van der Waals surface area contributed by atoms with Crippen molar-refractivity contribution in [2.24, 2.45) is 10.9 Å². The molecule has 0 spiro atoms. The lowest BCUT2D eigenvalue weighted by Gasteiger charge is -2.34. The molecule has 0 unspecified atom stereocenters. The van der Waals surface area contributed by atoms with Gasteiger partial charge in [-0.05, 0) is 59.9 Å². The number of oxime groups is 1. The summed E-state index contributed by atoms with van der Waals surface area (Å²) >= 11 is 0. The highest BCUT2D eigenvalue weighted by atomic mass is 19.1.